The number of imidazole rings is 1. The van der Waals surface area contributed by atoms with Crippen molar-refractivity contribution in [1.29, 1.82) is 5.26 Å². The van der Waals surface area contributed by atoms with E-state index in [9.17, 15) is 5.26 Å². The summed E-state index contributed by atoms with van der Waals surface area (Å²) in [5.74, 6) is 1.14. The quantitative estimate of drug-likeness (QED) is 0.480. The summed E-state index contributed by atoms with van der Waals surface area (Å²) in [5.41, 5.74) is 2.83. The second-order valence-corrected chi connectivity index (χ2v) is 9.73. The molecule has 1 aromatic carbocycles. The van der Waals surface area contributed by atoms with Crippen LogP contribution in [0.2, 0.25) is 5.02 Å². The van der Waals surface area contributed by atoms with Crippen molar-refractivity contribution in [2.75, 3.05) is 41.7 Å². The highest BCUT2D eigenvalue weighted by Gasteiger charge is 2.40. The first-order valence-electron chi connectivity index (χ1n) is 11.4. The summed E-state index contributed by atoms with van der Waals surface area (Å²) in [6, 6.07) is 6.15. The van der Waals surface area contributed by atoms with Gasteiger partial charge in [-0.25, -0.2) is 4.98 Å². The lowest BCUT2D eigenvalue weighted by molar-refractivity contribution is 0.126. The summed E-state index contributed by atoms with van der Waals surface area (Å²) in [6.45, 7) is 11.4. The Balaban J connectivity index is 1.34. The summed E-state index contributed by atoms with van der Waals surface area (Å²) in [7, 11) is 0. The molecule has 3 aliphatic rings. The molecule has 1 saturated carbocycles. The second-order valence-electron chi connectivity index (χ2n) is 9.35. The van der Waals surface area contributed by atoms with Crippen LogP contribution in [0.25, 0.3) is 10.5 Å². The highest BCUT2D eigenvalue weighted by Crippen LogP contribution is 2.41. The fourth-order valence-corrected chi connectivity index (χ4v) is 4.96. The van der Waals surface area contributed by atoms with Gasteiger partial charge in [0.15, 0.2) is 5.82 Å². The molecule has 0 atom stereocenters. The lowest BCUT2D eigenvalue weighted by Gasteiger charge is -2.49. The zero-order valence-corrected chi connectivity index (χ0v) is 19.2. The summed E-state index contributed by atoms with van der Waals surface area (Å²) in [5, 5.41) is 24.6. The van der Waals surface area contributed by atoms with E-state index in [1.807, 2.05) is 6.07 Å². The molecule has 0 unspecified atom stereocenters. The van der Waals surface area contributed by atoms with Gasteiger partial charge in [-0.05, 0) is 43.2 Å². The van der Waals surface area contributed by atoms with Crippen molar-refractivity contribution in [2.45, 2.75) is 31.7 Å². The number of nitriles is 1. The summed E-state index contributed by atoms with van der Waals surface area (Å²) < 4.78 is 1.48. The summed E-state index contributed by atoms with van der Waals surface area (Å²) in [6.07, 6.45) is 5.84. The van der Waals surface area contributed by atoms with Crippen LogP contribution in [-0.2, 0) is 0 Å². The zero-order chi connectivity index (χ0) is 23.3. The van der Waals surface area contributed by atoms with E-state index >= 15 is 0 Å². The molecule has 2 aromatic heterocycles. The van der Waals surface area contributed by atoms with Crippen LogP contribution in [0, 0.1) is 23.3 Å². The minimum Gasteiger partial charge on any atom is -0.370 e. The molecule has 2 saturated heterocycles. The lowest BCUT2D eigenvalue weighted by atomic mass is 9.73. The maximum Gasteiger partial charge on any atom is 0.275 e. The van der Waals surface area contributed by atoms with Crippen molar-refractivity contribution < 1.29 is 0 Å². The van der Waals surface area contributed by atoms with Crippen molar-refractivity contribution in [3.05, 3.63) is 40.3 Å². The third-order valence-electron chi connectivity index (χ3n) is 6.97. The Kier molecular flexibility index (Phi) is 4.94. The third kappa shape index (κ3) is 3.65. The minimum atomic E-state index is 0.277. The van der Waals surface area contributed by atoms with E-state index in [0.29, 0.717) is 45.0 Å². The van der Waals surface area contributed by atoms with Crippen LogP contribution >= 0.6 is 11.6 Å². The molecule has 0 bridgehead atoms. The van der Waals surface area contributed by atoms with Crippen LogP contribution in [-0.4, -0.2) is 51.8 Å². The minimum absolute atomic E-state index is 0.277. The molecular formula is C23H23ClN10. The first-order chi connectivity index (χ1) is 16.6. The molecule has 1 aliphatic carbocycles. The molecule has 2 aliphatic heterocycles. The molecule has 6 rings (SSSR count). The largest absolute Gasteiger partial charge is 0.370 e. The average Bonchev–Trinajstić information content (AvgIpc) is 3.55. The fourth-order valence-electron chi connectivity index (χ4n) is 4.69. The van der Waals surface area contributed by atoms with Gasteiger partial charge in [-0.15, -0.1) is 4.52 Å². The van der Waals surface area contributed by atoms with Crippen LogP contribution in [0.15, 0.2) is 18.3 Å². The van der Waals surface area contributed by atoms with E-state index in [1.165, 1.54) is 10.7 Å². The number of aromatic nitrogens is 4. The number of piperidine rings is 1. The Hall–Kier alpha value is -3.60. The second kappa shape index (κ2) is 8.01. The fraction of sp³-hybridized carbons (Fsp3) is 0.435. The topological polar surface area (TPSA) is 111 Å². The Morgan fingerprint density at radius 2 is 2.06 bits per heavy atom. The van der Waals surface area contributed by atoms with Crippen LogP contribution in [0.5, 0.6) is 0 Å². The molecule has 34 heavy (non-hydrogen) atoms. The maximum atomic E-state index is 9.67. The van der Waals surface area contributed by atoms with Crippen LogP contribution in [0.4, 0.5) is 29.0 Å². The molecule has 4 heterocycles. The number of benzene rings is 1. The van der Waals surface area contributed by atoms with E-state index in [2.05, 4.69) is 46.8 Å². The zero-order valence-electron chi connectivity index (χ0n) is 18.5. The Morgan fingerprint density at radius 3 is 2.71 bits per heavy atom. The summed E-state index contributed by atoms with van der Waals surface area (Å²) >= 11 is 6.86. The molecular weight excluding hydrogens is 452 g/mol. The molecule has 10 nitrogen and oxygen atoms in total. The molecule has 172 valence electrons. The van der Waals surface area contributed by atoms with Gasteiger partial charge in [-0.2, -0.15) is 10.2 Å². The Labute approximate surface area is 201 Å². The van der Waals surface area contributed by atoms with Gasteiger partial charge in [-0.1, -0.05) is 23.3 Å². The highest BCUT2D eigenvalue weighted by atomic mass is 35.5. The smallest absolute Gasteiger partial charge is 0.275 e. The monoisotopic (exact) mass is 474 g/mol. The number of nitrogens with one attached hydrogen (secondary N) is 3. The van der Waals surface area contributed by atoms with E-state index in [0.717, 1.165) is 57.5 Å². The van der Waals surface area contributed by atoms with Gasteiger partial charge in [0.1, 0.15) is 0 Å². The number of fused-ring (bicyclic) bond motifs is 1. The molecule has 3 fully saturated rings. The van der Waals surface area contributed by atoms with Crippen LogP contribution in [0.3, 0.4) is 0 Å². The van der Waals surface area contributed by atoms with Gasteiger partial charge in [0.05, 0.1) is 34.2 Å². The van der Waals surface area contributed by atoms with Crippen LogP contribution < -0.4 is 20.9 Å². The first kappa shape index (κ1) is 21.0. The van der Waals surface area contributed by atoms with E-state index < -0.39 is 0 Å². The van der Waals surface area contributed by atoms with Gasteiger partial charge in [-0.3, -0.25) is 0 Å². The van der Waals surface area contributed by atoms with E-state index in [4.69, 9.17) is 18.2 Å². The standard InChI is InChI=1S/C23H23ClN10/c1-26-18-11-28-21-20(29-15-2-3-15)31-22(32-34(18)21)30-16-8-14(10-25)9-17(19(16)24)33-6-4-23(5-7-33)12-27-13-23/h8-9,11,15,27H,2-7,12-13H2,(H2,29,30,31,32). The predicted molar refractivity (Wildman–Crippen MR) is 130 cm³/mol. The number of hydrogen-bond acceptors (Lipinski definition) is 8. The van der Waals surface area contributed by atoms with E-state index in [1.54, 1.807) is 6.07 Å². The molecule has 11 heteroatoms. The van der Waals surface area contributed by atoms with Crippen molar-refractivity contribution in [1.82, 2.24) is 24.9 Å². The number of nitrogens with zero attached hydrogens (tertiary/aromatic N) is 7. The number of hydrogen-bond donors (Lipinski definition) is 3. The Bertz CT molecular complexity index is 1350. The highest BCUT2D eigenvalue weighted by molar-refractivity contribution is 6.36. The normalized spacial score (nSPS) is 18.9. The molecule has 0 radical (unpaired) electrons. The predicted octanol–water partition coefficient (Wildman–Crippen LogP) is 3.71. The van der Waals surface area contributed by atoms with Gasteiger partial charge >= 0.3 is 0 Å². The number of rotatable bonds is 5. The van der Waals surface area contributed by atoms with Crippen molar-refractivity contribution in [3.63, 3.8) is 0 Å². The van der Waals surface area contributed by atoms with E-state index in [-0.39, 0.29) is 5.95 Å². The van der Waals surface area contributed by atoms with Gasteiger partial charge in [0.2, 0.25) is 0 Å². The molecule has 3 aromatic rings. The molecule has 0 amide bonds. The van der Waals surface area contributed by atoms with Gasteiger partial charge in [0.25, 0.3) is 17.4 Å². The average molecular weight is 475 g/mol. The Morgan fingerprint density at radius 1 is 1.26 bits per heavy atom. The number of halogens is 1. The van der Waals surface area contributed by atoms with Gasteiger partial charge in [0, 0.05) is 32.2 Å². The lowest BCUT2D eigenvalue weighted by Crippen LogP contribution is -2.58. The van der Waals surface area contributed by atoms with Crippen LogP contribution in [0.1, 0.15) is 31.2 Å². The van der Waals surface area contributed by atoms with Crippen molar-refractivity contribution in [2.24, 2.45) is 5.41 Å². The van der Waals surface area contributed by atoms with Crippen molar-refractivity contribution in [3.8, 4) is 6.07 Å². The van der Waals surface area contributed by atoms with Crippen molar-refractivity contribution >= 4 is 46.2 Å². The SMILES string of the molecule is [C-]#[N+]c1cnc2c(NC3CC3)nc(Nc3cc(C#N)cc(N4CCC5(CC4)CNC5)c3Cl)nn12. The summed E-state index contributed by atoms with van der Waals surface area (Å²) in [4.78, 5) is 14.7. The maximum absolute atomic E-state index is 9.67. The van der Waals surface area contributed by atoms with Gasteiger partial charge < -0.3 is 25.7 Å². The molecule has 3 N–H and O–H groups in total. The third-order valence-corrected chi connectivity index (χ3v) is 7.37. The molecule has 1 spiro atoms. The number of anilines is 4. The first-order valence-corrected chi connectivity index (χ1v) is 11.8.